The molecule has 3 aromatic rings. The summed E-state index contributed by atoms with van der Waals surface area (Å²) in [7, 11) is 0. The van der Waals surface area contributed by atoms with Crippen molar-refractivity contribution in [3.05, 3.63) is 69.5 Å². The van der Waals surface area contributed by atoms with Crippen LogP contribution >= 0.6 is 0 Å². The number of halogens is 3. The summed E-state index contributed by atoms with van der Waals surface area (Å²) < 4.78 is 52.8. The van der Waals surface area contributed by atoms with Gasteiger partial charge in [0, 0.05) is 43.2 Å². The Morgan fingerprint density at radius 3 is 2.37 bits per heavy atom. The van der Waals surface area contributed by atoms with Crippen LogP contribution in [0.5, 0.6) is 11.5 Å². The number of alkyl halides is 3. The molecule has 9 heteroatoms. The molecule has 0 aliphatic carbocycles. The third-order valence-corrected chi connectivity index (χ3v) is 6.70. The summed E-state index contributed by atoms with van der Waals surface area (Å²) in [6.45, 7) is 3.63. The van der Waals surface area contributed by atoms with E-state index >= 15 is 0 Å². The number of pyridine rings is 1. The van der Waals surface area contributed by atoms with Crippen molar-refractivity contribution in [2.75, 3.05) is 26.4 Å². The van der Waals surface area contributed by atoms with Crippen molar-refractivity contribution in [1.29, 1.82) is 0 Å². The summed E-state index contributed by atoms with van der Waals surface area (Å²) in [5.41, 5.74) is 0.596. The number of ether oxygens (including phenoxy) is 2. The number of piperidine rings is 1. The Balaban J connectivity index is 1.41. The van der Waals surface area contributed by atoms with Crippen molar-refractivity contribution in [2.45, 2.75) is 45.1 Å². The third-order valence-electron chi connectivity index (χ3n) is 6.70. The monoisotopic (exact) mass is 487 g/mol. The number of fused-ring (bicyclic) bond motifs is 2. The predicted octanol–water partition coefficient (Wildman–Crippen LogP) is 4.52. The molecule has 2 aliphatic heterocycles. The van der Waals surface area contributed by atoms with Crippen LogP contribution in [-0.2, 0) is 25.8 Å². The number of nitrogens with one attached hydrogen (secondary N) is 1. The van der Waals surface area contributed by atoms with Crippen LogP contribution in [0.2, 0.25) is 0 Å². The summed E-state index contributed by atoms with van der Waals surface area (Å²) in [4.78, 5) is 15.8. The van der Waals surface area contributed by atoms with Gasteiger partial charge in [0.05, 0.1) is 11.1 Å². The quantitative estimate of drug-likeness (QED) is 0.531. The van der Waals surface area contributed by atoms with E-state index in [0.29, 0.717) is 23.6 Å². The van der Waals surface area contributed by atoms with Gasteiger partial charge in [0.1, 0.15) is 0 Å². The van der Waals surface area contributed by atoms with Crippen molar-refractivity contribution >= 4 is 10.9 Å². The lowest BCUT2D eigenvalue weighted by atomic mass is 10.1. The molecule has 2 aromatic carbocycles. The van der Waals surface area contributed by atoms with Crippen LogP contribution in [0.3, 0.4) is 0 Å². The molecule has 1 aromatic heterocycles. The molecule has 2 aliphatic rings. The molecule has 0 radical (unpaired) electrons. The summed E-state index contributed by atoms with van der Waals surface area (Å²) in [6, 6.07) is 11.0. The van der Waals surface area contributed by atoms with E-state index in [9.17, 15) is 18.0 Å². The van der Waals surface area contributed by atoms with Crippen LogP contribution in [0.4, 0.5) is 13.2 Å². The molecule has 0 unspecified atom stereocenters. The minimum atomic E-state index is -4.43. The standard InChI is InChI=1S/C26H28F3N3O3/c27-26(28,29)21-7-3-2-6-18(21)15-30-16-20-12-19-13-23-24(35-17-34-23)14-22(19)32(25(20)33)11-10-31-8-4-1-5-9-31/h2-3,6-7,12-14,30H,1,4-5,8-11,15-17H2. The van der Waals surface area contributed by atoms with Gasteiger partial charge in [0.2, 0.25) is 6.79 Å². The van der Waals surface area contributed by atoms with Crippen LogP contribution in [0.15, 0.2) is 47.3 Å². The molecule has 0 atom stereocenters. The van der Waals surface area contributed by atoms with Crippen LogP contribution < -0.4 is 20.3 Å². The van der Waals surface area contributed by atoms with Gasteiger partial charge >= 0.3 is 6.18 Å². The molecule has 0 saturated carbocycles. The lowest BCUT2D eigenvalue weighted by Gasteiger charge is -2.27. The van der Waals surface area contributed by atoms with E-state index < -0.39 is 11.7 Å². The van der Waals surface area contributed by atoms with Gasteiger partial charge in [0.15, 0.2) is 11.5 Å². The summed E-state index contributed by atoms with van der Waals surface area (Å²) in [5.74, 6) is 1.23. The smallest absolute Gasteiger partial charge is 0.416 e. The normalized spacial score (nSPS) is 16.2. The average Bonchev–Trinajstić information content (AvgIpc) is 3.30. The maximum absolute atomic E-state index is 13.5. The average molecular weight is 488 g/mol. The fourth-order valence-electron chi connectivity index (χ4n) is 4.88. The van der Waals surface area contributed by atoms with E-state index in [1.54, 1.807) is 16.7 Å². The largest absolute Gasteiger partial charge is 0.454 e. The van der Waals surface area contributed by atoms with Gasteiger partial charge in [-0.2, -0.15) is 13.2 Å². The van der Waals surface area contributed by atoms with Gasteiger partial charge in [0.25, 0.3) is 5.56 Å². The molecular formula is C26H28F3N3O3. The molecule has 0 bridgehead atoms. The van der Waals surface area contributed by atoms with E-state index in [1.807, 2.05) is 12.1 Å². The summed E-state index contributed by atoms with van der Waals surface area (Å²) in [5, 5.41) is 3.87. The first-order valence-corrected chi connectivity index (χ1v) is 11.9. The van der Waals surface area contributed by atoms with Crippen LogP contribution in [0.1, 0.15) is 36.0 Å². The lowest BCUT2D eigenvalue weighted by molar-refractivity contribution is -0.138. The Morgan fingerprint density at radius 1 is 0.886 bits per heavy atom. The zero-order chi connectivity index (χ0) is 24.4. The second-order valence-corrected chi connectivity index (χ2v) is 9.05. The van der Waals surface area contributed by atoms with Gasteiger partial charge < -0.3 is 24.3 Å². The van der Waals surface area contributed by atoms with Crippen molar-refractivity contribution < 1.29 is 22.6 Å². The second kappa shape index (κ2) is 9.91. The summed E-state index contributed by atoms with van der Waals surface area (Å²) in [6.07, 6.45) is -0.859. The van der Waals surface area contributed by atoms with E-state index in [4.69, 9.17) is 9.47 Å². The highest BCUT2D eigenvalue weighted by molar-refractivity contribution is 5.84. The highest BCUT2D eigenvalue weighted by Gasteiger charge is 2.32. The SMILES string of the molecule is O=c1c(CNCc2ccccc2C(F)(F)F)cc2cc3c(cc2n1CCN1CCCCC1)OCO3. The molecule has 1 fully saturated rings. The number of hydrogen-bond donors (Lipinski definition) is 1. The zero-order valence-corrected chi connectivity index (χ0v) is 19.4. The van der Waals surface area contributed by atoms with Crippen molar-refractivity contribution in [3.63, 3.8) is 0 Å². The number of likely N-dealkylation sites (tertiary alicyclic amines) is 1. The molecule has 5 rings (SSSR count). The molecule has 0 amide bonds. The summed E-state index contributed by atoms with van der Waals surface area (Å²) >= 11 is 0. The fourth-order valence-corrected chi connectivity index (χ4v) is 4.88. The molecule has 6 nitrogen and oxygen atoms in total. The van der Waals surface area contributed by atoms with Crippen LogP contribution in [-0.4, -0.2) is 35.9 Å². The topological polar surface area (TPSA) is 55.7 Å². The number of rotatable bonds is 7. The maximum Gasteiger partial charge on any atom is 0.416 e. The first-order valence-electron chi connectivity index (χ1n) is 11.9. The molecule has 1 saturated heterocycles. The third kappa shape index (κ3) is 5.16. The predicted molar refractivity (Wildman–Crippen MR) is 127 cm³/mol. The Bertz CT molecular complexity index is 1270. The molecule has 3 heterocycles. The lowest BCUT2D eigenvalue weighted by Crippen LogP contribution is -2.36. The first kappa shape index (κ1) is 23.7. The van der Waals surface area contributed by atoms with Gasteiger partial charge in [-0.25, -0.2) is 0 Å². The maximum atomic E-state index is 13.5. The molecule has 0 spiro atoms. The zero-order valence-electron chi connectivity index (χ0n) is 19.4. The molecular weight excluding hydrogens is 459 g/mol. The number of hydrogen-bond acceptors (Lipinski definition) is 5. The Labute approximate surface area is 201 Å². The second-order valence-electron chi connectivity index (χ2n) is 9.05. The fraction of sp³-hybridized carbons (Fsp3) is 0.423. The van der Waals surface area contributed by atoms with Crippen LogP contribution in [0, 0.1) is 0 Å². The number of nitrogens with zero attached hydrogens (tertiary/aromatic N) is 2. The minimum absolute atomic E-state index is 0.00206. The Hall–Kier alpha value is -3.04. The molecule has 1 N–H and O–H groups in total. The van der Waals surface area contributed by atoms with Gasteiger partial charge in [-0.05, 0) is 49.7 Å². The highest BCUT2D eigenvalue weighted by atomic mass is 19.4. The van der Waals surface area contributed by atoms with Crippen molar-refractivity contribution in [1.82, 2.24) is 14.8 Å². The van der Waals surface area contributed by atoms with Gasteiger partial charge in [-0.3, -0.25) is 4.79 Å². The van der Waals surface area contributed by atoms with E-state index in [0.717, 1.165) is 49.4 Å². The van der Waals surface area contributed by atoms with E-state index in [1.165, 1.54) is 18.6 Å². The van der Waals surface area contributed by atoms with E-state index in [2.05, 4.69) is 10.2 Å². The highest BCUT2D eigenvalue weighted by Crippen LogP contribution is 2.36. The van der Waals surface area contributed by atoms with Gasteiger partial charge in [-0.1, -0.05) is 24.6 Å². The van der Waals surface area contributed by atoms with Crippen molar-refractivity contribution in [3.8, 4) is 11.5 Å². The van der Waals surface area contributed by atoms with Gasteiger partial charge in [-0.15, -0.1) is 0 Å². The van der Waals surface area contributed by atoms with Crippen molar-refractivity contribution in [2.24, 2.45) is 0 Å². The molecule has 35 heavy (non-hydrogen) atoms. The Morgan fingerprint density at radius 2 is 1.60 bits per heavy atom. The number of benzene rings is 2. The first-order chi connectivity index (χ1) is 16.9. The van der Waals surface area contributed by atoms with E-state index in [-0.39, 0.29) is 31.0 Å². The number of aromatic nitrogens is 1. The Kier molecular flexibility index (Phi) is 6.71. The minimum Gasteiger partial charge on any atom is -0.454 e. The van der Waals surface area contributed by atoms with Crippen LogP contribution in [0.25, 0.3) is 10.9 Å². The molecule has 186 valence electrons.